The molecule has 1 fully saturated rings. The summed E-state index contributed by atoms with van der Waals surface area (Å²) in [5, 5.41) is 21.0. The lowest BCUT2D eigenvalue weighted by Crippen LogP contribution is -2.42. The van der Waals surface area contributed by atoms with Gasteiger partial charge in [0, 0.05) is 0 Å². The zero-order valence-corrected chi connectivity index (χ0v) is 14.1. The Hall–Kier alpha value is -0.460. The van der Waals surface area contributed by atoms with Gasteiger partial charge in [-0.05, 0) is 53.4 Å². The van der Waals surface area contributed by atoms with Crippen molar-refractivity contribution in [1.82, 2.24) is 4.98 Å². The molecule has 1 aliphatic rings. The highest BCUT2D eigenvalue weighted by Crippen LogP contribution is 2.46. The number of rotatable bonds is 4. The van der Waals surface area contributed by atoms with E-state index in [1.807, 2.05) is 13.8 Å². The molecule has 0 bridgehead atoms. The van der Waals surface area contributed by atoms with Gasteiger partial charge in [0.05, 0.1) is 15.9 Å². The van der Waals surface area contributed by atoms with E-state index in [0.29, 0.717) is 12.8 Å². The number of aliphatic hydroxyl groups is 1. The van der Waals surface area contributed by atoms with Crippen LogP contribution in [0.15, 0.2) is 9.98 Å². The molecule has 1 atom stereocenters. The third-order valence-electron chi connectivity index (χ3n) is 4.40. The van der Waals surface area contributed by atoms with Gasteiger partial charge in [-0.3, -0.25) is 4.79 Å². The number of thiazole rings is 1. The third-order valence-corrected chi connectivity index (χ3v) is 6.02. The van der Waals surface area contributed by atoms with Gasteiger partial charge in [-0.25, -0.2) is 4.98 Å². The highest BCUT2D eigenvalue weighted by atomic mass is 79.9. The van der Waals surface area contributed by atoms with Crippen LogP contribution in [-0.2, 0) is 10.4 Å². The number of hydrogen-bond donors (Lipinski definition) is 2. The average molecular weight is 362 g/mol. The van der Waals surface area contributed by atoms with Crippen molar-refractivity contribution in [3.8, 4) is 0 Å². The number of hydrogen-bond acceptors (Lipinski definition) is 4. The minimum atomic E-state index is -0.958. The molecule has 2 rings (SSSR count). The first-order valence-electron chi connectivity index (χ1n) is 6.92. The highest BCUT2D eigenvalue weighted by Gasteiger charge is 2.45. The Labute approximate surface area is 131 Å². The molecule has 0 aromatic carbocycles. The van der Waals surface area contributed by atoms with E-state index in [4.69, 9.17) is 5.11 Å². The first-order chi connectivity index (χ1) is 9.35. The van der Waals surface area contributed by atoms with Crippen molar-refractivity contribution in [3.05, 3.63) is 15.0 Å². The van der Waals surface area contributed by atoms with Crippen molar-refractivity contribution < 1.29 is 15.0 Å². The maximum absolute atomic E-state index is 11.2. The summed E-state index contributed by atoms with van der Waals surface area (Å²) in [6.45, 7) is 4.00. The molecule has 1 aliphatic carbocycles. The second-order valence-electron chi connectivity index (χ2n) is 5.84. The molecule has 0 spiro atoms. The van der Waals surface area contributed by atoms with Crippen molar-refractivity contribution >= 4 is 33.2 Å². The first-order valence-corrected chi connectivity index (χ1v) is 8.53. The highest BCUT2D eigenvalue weighted by molar-refractivity contribution is 9.11. The summed E-state index contributed by atoms with van der Waals surface area (Å²) in [5.74, 6) is -0.845. The number of aliphatic carboxylic acids is 1. The predicted octanol–water partition coefficient (Wildman–Crippen LogP) is 3.64. The largest absolute Gasteiger partial charge is 0.481 e. The zero-order chi connectivity index (χ0) is 14.9. The molecular formula is C14H20BrNO3S. The maximum Gasteiger partial charge on any atom is 0.306 e. The standard InChI is InChI=1S/C14H20BrNO3S/c1-8(2)14(19,13-16-7-11(15)20-13)10-5-3-9(4-6-10)12(17)18/h7-10,19H,3-6H2,1-2H3,(H,17,18)/t9-,10-,14?. The average Bonchev–Trinajstić information content (AvgIpc) is 2.84. The quantitative estimate of drug-likeness (QED) is 0.858. The Morgan fingerprint density at radius 1 is 1.45 bits per heavy atom. The number of halogens is 1. The van der Waals surface area contributed by atoms with Crippen LogP contribution in [-0.4, -0.2) is 21.2 Å². The van der Waals surface area contributed by atoms with Crippen molar-refractivity contribution in [2.45, 2.75) is 45.1 Å². The van der Waals surface area contributed by atoms with Crippen molar-refractivity contribution in [1.29, 1.82) is 0 Å². The van der Waals surface area contributed by atoms with E-state index in [-0.39, 0.29) is 17.8 Å². The third kappa shape index (κ3) is 2.92. The Balaban J connectivity index is 2.20. The topological polar surface area (TPSA) is 70.4 Å². The lowest BCUT2D eigenvalue weighted by Gasteiger charge is -2.41. The van der Waals surface area contributed by atoms with Gasteiger partial charge in [-0.15, -0.1) is 11.3 Å². The molecule has 1 saturated carbocycles. The number of carboxylic acid groups (broad SMARTS) is 1. The molecule has 2 N–H and O–H groups in total. The number of carbonyl (C=O) groups is 1. The molecule has 0 saturated heterocycles. The van der Waals surface area contributed by atoms with Crippen LogP contribution >= 0.6 is 27.3 Å². The monoisotopic (exact) mass is 361 g/mol. The van der Waals surface area contributed by atoms with Gasteiger partial charge in [0.15, 0.2) is 0 Å². The van der Waals surface area contributed by atoms with Crippen LogP contribution in [0.5, 0.6) is 0 Å². The lowest BCUT2D eigenvalue weighted by atomic mass is 9.69. The van der Waals surface area contributed by atoms with Crippen LogP contribution < -0.4 is 0 Å². The van der Waals surface area contributed by atoms with E-state index in [0.717, 1.165) is 21.6 Å². The normalized spacial score (nSPS) is 26.4. The summed E-state index contributed by atoms with van der Waals surface area (Å²) in [4.78, 5) is 15.4. The molecular weight excluding hydrogens is 342 g/mol. The molecule has 1 heterocycles. The summed E-state index contributed by atoms with van der Waals surface area (Å²) in [7, 11) is 0. The van der Waals surface area contributed by atoms with E-state index >= 15 is 0 Å². The van der Waals surface area contributed by atoms with Gasteiger partial charge in [0.2, 0.25) is 0 Å². The van der Waals surface area contributed by atoms with Gasteiger partial charge in [0.25, 0.3) is 0 Å². The SMILES string of the molecule is CC(C)C(O)(c1ncc(Br)s1)[C@H]1CC[C@H](C(=O)O)CC1. The number of nitrogens with zero attached hydrogens (tertiary/aromatic N) is 1. The maximum atomic E-state index is 11.2. The molecule has 0 radical (unpaired) electrons. The number of carboxylic acids is 1. The van der Waals surface area contributed by atoms with Crippen LogP contribution in [0.25, 0.3) is 0 Å². The van der Waals surface area contributed by atoms with E-state index in [1.165, 1.54) is 11.3 Å². The second kappa shape index (κ2) is 6.12. The Bertz CT molecular complexity index is 483. The molecule has 0 amide bonds. The zero-order valence-electron chi connectivity index (χ0n) is 11.7. The molecule has 4 nitrogen and oxygen atoms in total. The lowest BCUT2D eigenvalue weighted by molar-refractivity contribution is -0.145. The molecule has 0 aliphatic heterocycles. The summed E-state index contributed by atoms with van der Waals surface area (Å²) in [6, 6.07) is 0. The minimum absolute atomic E-state index is 0.0481. The van der Waals surface area contributed by atoms with Gasteiger partial charge in [-0.2, -0.15) is 0 Å². The summed E-state index contributed by atoms with van der Waals surface area (Å²) < 4.78 is 0.908. The molecule has 112 valence electrons. The van der Waals surface area contributed by atoms with Gasteiger partial charge in [-0.1, -0.05) is 13.8 Å². The first kappa shape index (κ1) is 15.9. The minimum Gasteiger partial charge on any atom is -0.481 e. The fourth-order valence-corrected chi connectivity index (χ4v) is 4.64. The van der Waals surface area contributed by atoms with Crippen LogP contribution in [0.4, 0.5) is 0 Å². The van der Waals surface area contributed by atoms with Gasteiger partial charge >= 0.3 is 5.97 Å². The number of aromatic nitrogens is 1. The molecule has 1 aromatic heterocycles. The molecule has 1 unspecified atom stereocenters. The smallest absolute Gasteiger partial charge is 0.306 e. The fraction of sp³-hybridized carbons (Fsp3) is 0.714. The predicted molar refractivity (Wildman–Crippen MR) is 81.6 cm³/mol. The van der Waals surface area contributed by atoms with E-state index in [9.17, 15) is 9.90 Å². The molecule has 1 aromatic rings. The van der Waals surface area contributed by atoms with Crippen LogP contribution in [0.2, 0.25) is 0 Å². The summed E-state index contributed by atoms with van der Waals surface area (Å²) in [6.07, 6.45) is 4.48. The Morgan fingerprint density at radius 3 is 2.45 bits per heavy atom. The van der Waals surface area contributed by atoms with Gasteiger partial charge in [0.1, 0.15) is 10.6 Å². The Morgan fingerprint density at radius 2 is 2.05 bits per heavy atom. The Kier molecular flexibility index (Phi) is 4.87. The summed E-state index contributed by atoms with van der Waals surface area (Å²) >= 11 is 4.86. The summed E-state index contributed by atoms with van der Waals surface area (Å²) in [5.41, 5.74) is -0.958. The van der Waals surface area contributed by atoms with E-state index in [1.54, 1.807) is 6.20 Å². The fourth-order valence-electron chi connectivity index (χ4n) is 3.11. The van der Waals surface area contributed by atoms with Gasteiger partial charge < -0.3 is 10.2 Å². The van der Waals surface area contributed by atoms with Crippen molar-refractivity contribution in [3.63, 3.8) is 0 Å². The van der Waals surface area contributed by atoms with E-state index < -0.39 is 11.6 Å². The molecule has 20 heavy (non-hydrogen) atoms. The van der Waals surface area contributed by atoms with Crippen LogP contribution in [0.3, 0.4) is 0 Å². The van der Waals surface area contributed by atoms with Crippen molar-refractivity contribution in [2.75, 3.05) is 0 Å². The second-order valence-corrected chi connectivity index (χ2v) is 8.25. The van der Waals surface area contributed by atoms with Crippen LogP contribution in [0, 0.1) is 17.8 Å². The molecule has 6 heteroatoms. The van der Waals surface area contributed by atoms with Crippen molar-refractivity contribution in [2.24, 2.45) is 17.8 Å². The van der Waals surface area contributed by atoms with E-state index in [2.05, 4.69) is 20.9 Å². The van der Waals surface area contributed by atoms with Crippen LogP contribution in [0.1, 0.15) is 44.5 Å².